The van der Waals surface area contributed by atoms with Gasteiger partial charge in [0.15, 0.2) is 0 Å². The lowest BCUT2D eigenvalue weighted by atomic mass is 10.2. The van der Waals surface area contributed by atoms with Gasteiger partial charge in [-0.3, -0.25) is 0 Å². The van der Waals surface area contributed by atoms with Crippen molar-refractivity contribution in [2.45, 2.75) is 58.5 Å². The van der Waals surface area contributed by atoms with Crippen LogP contribution in [-0.2, 0) is 6.18 Å². The number of ether oxygens (including phenoxy) is 2. The molecule has 2 N–H and O–H groups in total. The second kappa shape index (κ2) is 13.6. The monoisotopic (exact) mass is 502 g/mol. The number of rotatable bonds is 14. The van der Waals surface area contributed by atoms with Crippen LogP contribution >= 0.6 is 0 Å². The van der Waals surface area contributed by atoms with Crippen molar-refractivity contribution >= 4 is 23.1 Å². The molecule has 0 spiro atoms. The third-order valence-corrected chi connectivity index (χ3v) is 5.35. The maximum Gasteiger partial charge on any atom is 0.421 e. The summed E-state index contributed by atoms with van der Waals surface area (Å²) in [6.07, 6.45) is 2.60. The van der Waals surface area contributed by atoms with Crippen molar-refractivity contribution in [3.63, 3.8) is 0 Å². The van der Waals surface area contributed by atoms with Crippen LogP contribution in [0.4, 0.5) is 36.3 Å². The molecule has 0 unspecified atom stereocenters. The van der Waals surface area contributed by atoms with E-state index < -0.39 is 11.7 Å². The van der Waals surface area contributed by atoms with E-state index in [-0.39, 0.29) is 11.8 Å². The first-order chi connectivity index (χ1) is 17.4. The van der Waals surface area contributed by atoms with Crippen LogP contribution in [0.5, 0.6) is 11.5 Å². The Morgan fingerprint density at radius 1 is 0.722 bits per heavy atom. The molecule has 0 atom stereocenters. The zero-order chi connectivity index (χ0) is 25.8. The number of benzene rings is 2. The molecule has 0 aliphatic rings. The Labute approximate surface area is 210 Å². The van der Waals surface area contributed by atoms with E-state index in [2.05, 4.69) is 34.4 Å². The molecule has 2 aromatic carbocycles. The van der Waals surface area contributed by atoms with Gasteiger partial charge in [0.1, 0.15) is 22.9 Å². The molecule has 3 rings (SSSR count). The van der Waals surface area contributed by atoms with Gasteiger partial charge in [-0.05, 0) is 61.4 Å². The van der Waals surface area contributed by atoms with Crippen molar-refractivity contribution in [1.29, 1.82) is 0 Å². The van der Waals surface area contributed by atoms with Crippen molar-refractivity contribution in [3.8, 4) is 11.5 Å². The van der Waals surface area contributed by atoms with Gasteiger partial charge in [-0.2, -0.15) is 18.2 Å². The number of alkyl halides is 3. The number of hydrogen-bond acceptors (Lipinski definition) is 6. The summed E-state index contributed by atoms with van der Waals surface area (Å²) in [4.78, 5) is 7.96. The highest BCUT2D eigenvalue weighted by molar-refractivity contribution is 5.63. The van der Waals surface area contributed by atoms with Crippen LogP contribution < -0.4 is 20.1 Å². The van der Waals surface area contributed by atoms with Crippen LogP contribution in [0.2, 0.25) is 0 Å². The highest BCUT2D eigenvalue weighted by Crippen LogP contribution is 2.35. The largest absolute Gasteiger partial charge is 0.494 e. The van der Waals surface area contributed by atoms with Crippen LogP contribution in [-0.4, -0.2) is 23.2 Å². The third-order valence-electron chi connectivity index (χ3n) is 5.35. The SMILES string of the molecule is CCCCCCOc1ccc(Nc2ncc(C(F)(F)F)c(Nc3ccc(OCCCC)cc3)n2)cc1. The number of halogens is 3. The summed E-state index contributed by atoms with van der Waals surface area (Å²) in [6, 6.07) is 13.9. The maximum absolute atomic E-state index is 13.6. The molecule has 9 heteroatoms. The third kappa shape index (κ3) is 8.62. The molecule has 3 aromatic rings. The van der Waals surface area contributed by atoms with E-state index >= 15 is 0 Å². The van der Waals surface area contributed by atoms with E-state index in [4.69, 9.17) is 9.47 Å². The Kier molecular flexibility index (Phi) is 10.2. The topological polar surface area (TPSA) is 68.3 Å². The normalized spacial score (nSPS) is 11.2. The number of unbranched alkanes of at least 4 members (excludes halogenated alkanes) is 4. The molecular formula is C27H33F3N4O2. The molecule has 1 aromatic heterocycles. The van der Waals surface area contributed by atoms with E-state index in [0.717, 1.165) is 37.6 Å². The van der Waals surface area contributed by atoms with Gasteiger partial charge in [0.25, 0.3) is 0 Å². The van der Waals surface area contributed by atoms with E-state index in [9.17, 15) is 13.2 Å². The van der Waals surface area contributed by atoms with E-state index in [1.165, 1.54) is 12.8 Å². The average Bonchev–Trinajstić information content (AvgIpc) is 2.86. The Hall–Kier alpha value is -3.49. The van der Waals surface area contributed by atoms with Crippen LogP contribution in [0.25, 0.3) is 0 Å². The Morgan fingerprint density at radius 3 is 1.83 bits per heavy atom. The van der Waals surface area contributed by atoms with Crippen LogP contribution in [0.3, 0.4) is 0 Å². The van der Waals surface area contributed by atoms with Crippen LogP contribution in [0.1, 0.15) is 57.9 Å². The van der Waals surface area contributed by atoms with Gasteiger partial charge in [0.2, 0.25) is 5.95 Å². The zero-order valence-corrected chi connectivity index (χ0v) is 20.7. The number of nitrogens with zero attached hydrogens (tertiary/aromatic N) is 2. The fraction of sp³-hybridized carbons (Fsp3) is 0.407. The summed E-state index contributed by atoms with van der Waals surface area (Å²) in [7, 11) is 0. The first-order valence-electron chi connectivity index (χ1n) is 12.3. The molecule has 0 aliphatic heterocycles. The predicted molar refractivity (Wildman–Crippen MR) is 137 cm³/mol. The molecular weight excluding hydrogens is 469 g/mol. The quantitative estimate of drug-likeness (QED) is 0.217. The number of hydrogen-bond donors (Lipinski definition) is 2. The zero-order valence-electron chi connectivity index (χ0n) is 20.7. The van der Waals surface area contributed by atoms with Gasteiger partial charge in [-0.1, -0.05) is 39.5 Å². The van der Waals surface area contributed by atoms with Crippen molar-refractivity contribution in [3.05, 3.63) is 60.3 Å². The number of aromatic nitrogens is 2. The number of nitrogens with one attached hydrogen (secondary N) is 2. The lowest BCUT2D eigenvalue weighted by Crippen LogP contribution is -2.12. The fourth-order valence-electron chi connectivity index (χ4n) is 3.33. The van der Waals surface area contributed by atoms with E-state index in [1.54, 1.807) is 48.5 Å². The van der Waals surface area contributed by atoms with E-state index in [0.29, 0.717) is 30.3 Å². The minimum absolute atomic E-state index is 0.0400. The standard InChI is InChI=1S/C27H33F3N4O2/c1-3-5-7-8-18-36-23-15-11-21(12-16-23)33-26-31-19-24(27(28,29)30)25(34-26)32-20-9-13-22(14-10-20)35-17-6-4-2/h9-16,19H,3-8,17-18H2,1-2H3,(H2,31,32,33,34). The summed E-state index contributed by atoms with van der Waals surface area (Å²) in [6.45, 7) is 5.47. The molecule has 0 fully saturated rings. The van der Waals surface area contributed by atoms with Crippen molar-refractivity contribution in [1.82, 2.24) is 9.97 Å². The van der Waals surface area contributed by atoms with Gasteiger partial charge in [-0.15, -0.1) is 0 Å². The Morgan fingerprint density at radius 2 is 1.28 bits per heavy atom. The van der Waals surface area contributed by atoms with Gasteiger partial charge in [0.05, 0.1) is 13.2 Å². The van der Waals surface area contributed by atoms with Gasteiger partial charge < -0.3 is 20.1 Å². The highest BCUT2D eigenvalue weighted by Gasteiger charge is 2.35. The first kappa shape index (κ1) is 27.1. The second-order valence-electron chi connectivity index (χ2n) is 8.36. The first-order valence-corrected chi connectivity index (χ1v) is 12.3. The molecule has 0 saturated heterocycles. The second-order valence-corrected chi connectivity index (χ2v) is 8.36. The maximum atomic E-state index is 13.6. The van der Waals surface area contributed by atoms with Crippen LogP contribution in [0, 0.1) is 0 Å². The summed E-state index contributed by atoms with van der Waals surface area (Å²) in [5, 5.41) is 5.71. The lowest BCUT2D eigenvalue weighted by molar-refractivity contribution is -0.137. The van der Waals surface area contributed by atoms with Crippen molar-refractivity contribution in [2.75, 3.05) is 23.8 Å². The number of anilines is 4. The molecule has 1 heterocycles. The van der Waals surface area contributed by atoms with E-state index in [1.807, 2.05) is 0 Å². The predicted octanol–water partition coefficient (Wildman–Crippen LogP) is 8.12. The lowest BCUT2D eigenvalue weighted by Gasteiger charge is -2.15. The highest BCUT2D eigenvalue weighted by atomic mass is 19.4. The minimum atomic E-state index is -4.61. The molecule has 0 radical (unpaired) electrons. The summed E-state index contributed by atoms with van der Waals surface area (Å²) in [5.74, 6) is 1.09. The summed E-state index contributed by atoms with van der Waals surface area (Å²) in [5.41, 5.74) is 0.129. The molecule has 0 bridgehead atoms. The smallest absolute Gasteiger partial charge is 0.421 e. The van der Waals surface area contributed by atoms with Crippen LogP contribution in [0.15, 0.2) is 54.7 Å². The molecule has 0 amide bonds. The Bertz CT molecular complexity index is 1060. The summed E-state index contributed by atoms with van der Waals surface area (Å²) < 4.78 is 52.1. The van der Waals surface area contributed by atoms with Gasteiger partial charge in [0, 0.05) is 17.6 Å². The average molecular weight is 503 g/mol. The molecule has 36 heavy (non-hydrogen) atoms. The minimum Gasteiger partial charge on any atom is -0.494 e. The van der Waals surface area contributed by atoms with Crippen molar-refractivity contribution in [2.24, 2.45) is 0 Å². The summed E-state index contributed by atoms with van der Waals surface area (Å²) >= 11 is 0. The fourth-order valence-corrected chi connectivity index (χ4v) is 3.33. The van der Waals surface area contributed by atoms with Gasteiger partial charge in [-0.25, -0.2) is 4.98 Å². The molecule has 0 aliphatic carbocycles. The molecule has 0 saturated carbocycles. The van der Waals surface area contributed by atoms with Gasteiger partial charge >= 0.3 is 6.18 Å². The van der Waals surface area contributed by atoms with Crippen molar-refractivity contribution < 1.29 is 22.6 Å². The molecule has 194 valence electrons. The molecule has 6 nitrogen and oxygen atoms in total. The Balaban J connectivity index is 1.67.